The summed E-state index contributed by atoms with van der Waals surface area (Å²) in [4.78, 5) is 4.50. The third kappa shape index (κ3) is 2.69. The van der Waals surface area contributed by atoms with Crippen LogP contribution in [0.2, 0.25) is 0 Å². The fraction of sp³-hybridized carbons (Fsp3) is 0.118. The Morgan fingerprint density at radius 3 is 2.62 bits per heavy atom. The lowest BCUT2D eigenvalue weighted by Gasteiger charge is -2.12. The van der Waals surface area contributed by atoms with Crippen molar-refractivity contribution in [1.82, 2.24) is 4.98 Å². The summed E-state index contributed by atoms with van der Waals surface area (Å²) in [5.74, 6) is 0.694. The summed E-state index contributed by atoms with van der Waals surface area (Å²) in [6.45, 7) is 1.92. The summed E-state index contributed by atoms with van der Waals surface area (Å²) in [6.07, 6.45) is 0. The van der Waals surface area contributed by atoms with Gasteiger partial charge in [-0.25, -0.2) is 9.37 Å². The van der Waals surface area contributed by atoms with Gasteiger partial charge in [-0.15, -0.1) is 11.6 Å². The molecular weight excluding hydrogens is 289 g/mol. The molecule has 0 atom stereocenters. The van der Waals surface area contributed by atoms with Gasteiger partial charge in [0, 0.05) is 16.6 Å². The molecule has 1 aromatic heterocycles. The van der Waals surface area contributed by atoms with Crippen molar-refractivity contribution in [2.45, 2.75) is 12.8 Å². The molecule has 0 fully saturated rings. The molecule has 3 aromatic rings. The highest BCUT2D eigenvalue weighted by Crippen LogP contribution is 2.32. The van der Waals surface area contributed by atoms with E-state index >= 15 is 0 Å². The zero-order valence-corrected chi connectivity index (χ0v) is 12.2. The maximum Gasteiger partial charge on any atom is 0.153 e. The highest BCUT2D eigenvalue weighted by atomic mass is 35.5. The molecule has 106 valence electrons. The summed E-state index contributed by atoms with van der Waals surface area (Å²) in [7, 11) is 0. The van der Waals surface area contributed by atoms with Gasteiger partial charge in [0.1, 0.15) is 17.1 Å². The largest absolute Gasteiger partial charge is 0.455 e. The summed E-state index contributed by atoms with van der Waals surface area (Å²) in [5, 5.41) is 0.974. The fourth-order valence-electron chi connectivity index (χ4n) is 2.18. The summed E-state index contributed by atoms with van der Waals surface area (Å²) < 4.78 is 19.6. The number of fused-ring (bicyclic) bond motifs is 1. The highest BCUT2D eigenvalue weighted by molar-refractivity contribution is 6.17. The molecule has 0 aliphatic heterocycles. The van der Waals surface area contributed by atoms with E-state index in [0.29, 0.717) is 17.1 Å². The first-order valence-electron chi connectivity index (χ1n) is 6.56. The van der Waals surface area contributed by atoms with Gasteiger partial charge in [-0.3, -0.25) is 0 Å². The van der Waals surface area contributed by atoms with Crippen LogP contribution in [0.25, 0.3) is 10.9 Å². The van der Waals surface area contributed by atoms with Gasteiger partial charge in [0.2, 0.25) is 0 Å². The Labute approximate surface area is 127 Å². The smallest absolute Gasteiger partial charge is 0.153 e. The second kappa shape index (κ2) is 5.70. The number of alkyl halides is 1. The van der Waals surface area contributed by atoms with E-state index in [4.69, 9.17) is 16.3 Å². The molecule has 0 aliphatic rings. The number of aromatic nitrogens is 1. The highest BCUT2D eigenvalue weighted by Gasteiger charge is 2.11. The number of para-hydroxylation sites is 1. The van der Waals surface area contributed by atoms with Crippen LogP contribution in [0.1, 0.15) is 11.3 Å². The second-order valence-corrected chi connectivity index (χ2v) is 5.00. The molecule has 0 saturated heterocycles. The standard InChI is InChI=1S/C17H13ClFNO/c1-11-8-9-12-4-2-7-16(17(12)20-11)21-15-6-3-5-14(19)13(15)10-18/h2-9H,10H2,1H3. The Bertz CT molecular complexity index is 804. The second-order valence-electron chi connectivity index (χ2n) is 4.73. The van der Waals surface area contributed by atoms with Crippen molar-refractivity contribution in [2.24, 2.45) is 0 Å². The molecule has 0 spiro atoms. The first-order valence-corrected chi connectivity index (χ1v) is 7.10. The van der Waals surface area contributed by atoms with Gasteiger partial charge in [0.25, 0.3) is 0 Å². The van der Waals surface area contributed by atoms with E-state index in [0.717, 1.165) is 16.6 Å². The predicted octanol–water partition coefficient (Wildman–Crippen LogP) is 5.21. The molecule has 2 aromatic carbocycles. The molecule has 0 radical (unpaired) electrons. The molecule has 0 bridgehead atoms. The van der Waals surface area contributed by atoms with Gasteiger partial charge >= 0.3 is 0 Å². The van der Waals surface area contributed by atoms with Crippen LogP contribution in [0, 0.1) is 12.7 Å². The van der Waals surface area contributed by atoms with Gasteiger partial charge < -0.3 is 4.74 Å². The number of rotatable bonds is 3. The van der Waals surface area contributed by atoms with Crippen molar-refractivity contribution in [3.05, 3.63) is 65.6 Å². The summed E-state index contributed by atoms with van der Waals surface area (Å²) in [5.41, 5.74) is 2.00. The molecule has 0 saturated carbocycles. The molecule has 3 rings (SSSR count). The summed E-state index contributed by atoms with van der Waals surface area (Å²) in [6, 6.07) is 14.3. The van der Waals surface area contributed by atoms with Crippen LogP contribution in [0.5, 0.6) is 11.5 Å². The summed E-state index contributed by atoms with van der Waals surface area (Å²) >= 11 is 5.81. The quantitative estimate of drug-likeness (QED) is 0.619. The van der Waals surface area contributed by atoms with Crippen molar-refractivity contribution in [1.29, 1.82) is 0 Å². The number of benzene rings is 2. The van der Waals surface area contributed by atoms with Crippen LogP contribution in [-0.4, -0.2) is 4.98 Å². The molecule has 0 N–H and O–H groups in total. The van der Waals surface area contributed by atoms with Gasteiger partial charge in [-0.2, -0.15) is 0 Å². The van der Waals surface area contributed by atoms with Crippen molar-refractivity contribution in [3.63, 3.8) is 0 Å². The third-order valence-corrected chi connectivity index (χ3v) is 3.52. The molecule has 0 unspecified atom stereocenters. The van der Waals surface area contributed by atoms with Crippen LogP contribution in [-0.2, 0) is 5.88 Å². The Kier molecular flexibility index (Phi) is 3.76. The lowest BCUT2D eigenvalue weighted by molar-refractivity contribution is 0.474. The van der Waals surface area contributed by atoms with E-state index in [9.17, 15) is 4.39 Å². The number of ether oxygens (including phenoxy) is 1. The van der Waals surface area contributed by atoms with E-state index in [2.05, 4.69) is 4.98 Å². The number of aryl methyl sites for hydroxylation is 1. The van der Waals surface area contributed by atoms with E-state index in [1.165, 1.54) is 6.07 Å². The molecule has 21 heavy (non-hydrogen) atoms. The Morgan fingerprint density at radius 2 is 1.81 bits per heavy atom. The number of nitrogens with zero attached hydrogens (tertiary/aromatic N) is 1. The first-order chi connectivity index (χ1) is 10.2. The molecule has 2 nitrogen and oxygen atoms in total. The average molecular weight is 302 g/mol. The van der Waals surface area contributed by atoms with E-state index in [-0.39, 0.29) is 11.7 Å². The van der Waals surface area contributed by atoms with E-state index in [1.807, 2.05) is 37.3 Å². The van der Waals surface area contributed by atoms with Crippen LogP contribution in [0.3, 0.4) is 0 Å². The fourth-order valence-corrected chi connectivity index (χ4v) is 2.44. The zero-order valence-electron chi connectivity index (χ0n) is 11.4. The van der Waals surface area contributed by atoms with Crippen LogP contribution >= 0.6 is 11.6 Å². The lowest BCUT2D eigenvalue weighted by atomic mass is 10.2. The SMILES string of the molecule is Cc1ccc2cccc(Oc3cccc(F)c3CCl)c2n1. The first kappa shape index (κ1) is 13.8. The Hall–Kier alpha value is -2.13. The maximum atomic E-state index is 13.8. The Morgan fingerprint density at radius 1 is 1.05 bits per heavy atom. The monoisotopic (exact) mass is 301 g/mol. The van der Waals surface area contributed by atoms with Gasteiger partial charge in [0.05, 0.1) is 5.88 Å². The van der Waals surface area contributed by atoms with Crippen LogP contribution < -0.4 is 4.74 Å². The molecule has 0 amide bonds. The maximum absolute atomic E-state index is 13.8. The molecular formula is C17H13ClFNO. The van der Waals surface area contributed by atoms with E-state index < -0.39 is 0 Å². The van der Waals surface area contributed by atoms with E-state index in [1.54, 1.807) is 12.1 Å². The predicted molar refractivity (Wildman–Crippen MR) is 82.5 cm³/mol. The number of hydrogen-bond donors (Lipinski definition) is 0. The Balaban J connectivity index is 2.10. The van der Waals surface area contributed by atoms with Gasteiger partial charge in [0.15, 0.2) is 5.75 Å². The number of pyridine rings is 1. The molecule has 4 heteroatoms. The molecule has 0 aliphatic carbocycles. The lowest BCUT2D eigenvalue weighted by Crippen LogP contribution is -1.95. The topological polar surface area (TPSA) is 22.1 Å². The van der Waals surface area contributed by atoms with Gasteiger partial charge in [-0.1, -0.05) is 24.3 Å². The number of hydrogen-bond acceptors (Lipinski definition) is 2. The number of halogens is 2. The average Bonchev–Trinajstić information content (AvgIpc) is 2.48. The van der Waals surface area contributed by atoms with Crippen LogP contribution in [0.4, 0.5) is 4.39 Å². The normalized spacial score (nSPS) is 10.8. The minimum atomic E-state index is -0.369. The third-order valence-electron chi connectivity index (χ3n) is 3.25. The van der Waals surface area contributed by atoms with Crippen molar-refractivity contribution in [3.8, 4) is 11.5 Å². The minimum Gasteiger partial charge on any atom is -0.455 e. The zero-order chi connectivity index (χ0) is 14.8. The molecule has 1 heterocycles. The minimum absolute atomic E-state index is 0.0548. The van der Waals surface area contributed by atoms with Crippen molar-refractivity contribution >= 4 is 22.5 Å². The van der Waals surface area contributed by atoms with Crippen molar-refractivity contribution in [2.75, 3.05) is 0 Å². The van der Waals surface area contributed by atoms with Crippen molar-refractivity contribution < 1.29 is 9.13 Å². The van der Waals surface area contributed by atoms with Gasteiger partial charge in [-0.05, 0) is 31.2 Å². The van der Waals surface area contributed by atoms with Crippen LogP contribution in [0.15, 0.2) is 48.5 Å².